The van der Waals surface area contributed by atoms with Crippen LogP contribution in [0.15, 0.2) is 23.5 Å². The molecule has 1 N–H and O–H groups in total. The van der Waals surface area contributed by atoms with Crippen molar-refractivity contribution in [3.05, 3.63) is 29.3 Å². The Labute approximate surface area is 129 Å². The molecule has 2 aromatic rings. The van der Waals surface area contributed by atoms with Gasteiger partial charge in [0.05, 0.1) is 16.9 Å². The monoisotopic (exact) mass is 331 g/mol. The molecule has 0 amide bonds. The first kappa shape index (κ1) is 16.0. The van der Waals surface area contributed by atoms with Crippen molar-refractivity contribution < 1.29 is 8.42 Å². The van der Waals surface area contributed by atoms with Crippen LogP contribution in [0.2, 0.25) is 5.02 Å². The summed E-state index contributed by atoms with van der Waals surface area (Å²) in [4.78, 5) is 0.183. The number of aromatic nitrogens is 4. The van der Waals surface area contributed by atoms with Gasteiger partial charge in [0, 0.05) is 32.0 Å². The third-order valence-corrected chi connectivity index (χ3v) is 4.77. The van der Waals surface area contributed by atoms with Gasteiger partial charge in [-0.1, -0.05) is 11.6 Å². The summed E-state index contributed by atoms with van der Waals surface area (Å²) in [5.74, 6) is 0. The van der Waals surface area contributed by atoms with Gasteiger partial charge in [0.25, 0.3) is 0 Å². The lowest BCUT2D eigenvalue weighted by atomic mass is 10.4. The Kier molecular flexibility index (Phi) is 5.02. The molecule has 0 radical (unpaired) electrons. The summed E-state index contributed by atoms with van der Waals surface area (Å²) >= 11 is 5.91. The Bertz CT molecular complexity index is 688. The maximum Gasteiger partial charge on any atom is 0.243 e. The molecule has 0 spiro atoms. The lowest BCUT2D eigenvalue weighted by Gasteiger charge is -2.05. The number of halogens is 1. The molecule has 0 aromatic carbocycles. The van der Waals surface area contributed by atoms with Crippen LogP contribution >= 0.6 is 11.6 Å². The lowest BCUT2D eigenvalue weighted by Crippen LogP contribution is -2.25. The van der Waals surface area contributed by atoms with Crippen molar-refractivity contribution in [1.82, 2.24) is 24.3 Å². The zero-order valence-corrected chi connectivity index (χ0v) is 13.5. The molecule has 0 aliphatic heterocycles. The second-order valence-electron chi connectivity index (χ2n) is 4.61. The molecule has 2 heterocycles. The van der Waals surface area contributed by atoms with Gasteiger partial charge in [0.1, 0.15) is 4.90 Å². The Morgan fingerprint density at radius 2 is 2.10 bits per heavy atom. The molecule has 0 unspecified atom stereocenters. The lowest BCUT2D eigenvalue weighted by molar-refractivity contribution is 0.551. The fraction of sp³-hybridized carbons (Fsp3) is 0.500. The quantitative estimate of drug-likeness (QED) is 0.778. The van der Waals surface area contributed by atoms with Crippen molar-refractivity contribution in [2.75, 3.05) is 6.54 Å². The van der Waals surface area contributed by atoms with E-state index in [2.05, 4.69) is 14.9 Å². The van der Waals surface area contributed by atoms with Crippen LogP contribution in [0.5, 0.6) is 0 Å². The standard InChI is InChI=1S/C12H18ClN5O2S/c1-3-17-8-11(7-14-17)21(19,20)15-5-4-6-18-9-12(13)10(2)16-18/h7-9,15H,3-6H2,1-2H3. The van der Waals surface area contributed by atoms with Crippen LogP contribution in [0, 0.1) is 6.92 Å². The number of hydrogen-bond donors (Lipinski definition) is 1. The van der Waals surface area contributed by atoms with Gasteiger partial charge >= 0.3 is 0 Å². The fourth-order valence-electron chi connectivity index (χ4n) is 1.80. The second kappa shape index (κ2) is 6.59. The number of rotatable bonds is 7. The summed E-state index contributed by atoms with van der Waals surface area (Å²) in [5.41, 5.74) is 0.768. The summed E-state index contributed by atoms with van der Waals surface area (Å²) in [7, 11) is -3.50. The average Bonchev–Trinajstić information content (AvgIpc) is 3.03. The smallest absolute Gasteiger partial charge is 0.243 e. The highest BCUT2D eigenvalue weighted by molar-refractivity contribution is 7.89. The van der Waals surface area contributed by atoms with Crippen molar-refractivity contribution in [3.8, 4) is 0 Å². The first-order valence-corrected chi connectivity index (χ1v) is 8.50. The van der Waals surface area contributed by atoms with Gasteiger partial charge in [-0.3, -0.25) is 9.36 Å². The van der Waals surface area contributed by atoms with E-state index < -0.39 is 10.0 Å². The molecule has 0 fully saturated rings. The van der Waals surface area contributed by atoms with Crippen LogP contribution in [-0.2, 0) is 23.1 Å². The predicted octanol–water partition coefficient (Wildman–Crippen LogP) is 1.43. The van der Waals surface area contributed by atoms with E-state index in [1.807, 2.05) is 13.8 Å². The van der Waals surface area contributed by atoms with E-state index in [-0.39, 0.29) is 4.90 Å². The molecule has 0 aliphatic rings. The summed E-state index contributed by atoms with van der Waals surface area (Å²) in [6.45, 7) is 5.29. The Morgan fingerprint density at radius 1 is 1.33 bits per heavy atom. The van der Waals surface area contributed by atoms with E-state index in [0.717, 1.165) is 5.69 Å². The molecular formula is C12H18ClN5O2S. The molecular weight excluding hydrogens is 314 g/mol. The van der Waals surface area contributed by atoms with Gasteiger partial charge in [-0.25, -0.2) is 13.1 Å². The summed E-state index contributed by atoms with van der Waals surface area (Å²) in [6, 6.07) is 0. The highest BCUT2D eigenvalue weighted by Gasteiger charge is 2.15. The molecule has 0 aliphatic carbocycles. The Balaban J connectivity index is 1.84. The van der Waals surface area contributed by atoms with Crippen molar-refractivity contribution >= 4 is 21.6 Å². The van der Waals surface area contributed by atoms with Crippen LogP contribution in [0.3, 0.4) is 0 Å². The van der Waals surface area contributed by atoms with E-state index in [4.69, 9.17) is 11.6 Å². The number of nitrogens with one attached hydrogen (secondary N) is 1. The largest absolute Gasteiger partial charge is 0.272 e. The van der Waals surface area contributed by atoms with Gasteiger partial charge < -0.3 is 0 Å². The third-order valence-electron chi connectivity index (χ3n) is 2.99. The van der Waals surface area contributed by atoms with Gasteiger partial charge in [-0.2, -0.15) is 10.2 Å². The molecule has 0 atom stereocenters. The summed E-state index contributed by atoms with van der Waals surface area (Å²) in [5, 5.41) is 8.78. The first-order chi connectivity index (χ1) is 9.92. The highest BCUT2D eigenvalue weighted by Crippen LogP contribution is 2.12. The summed E-state index contributed by atoms with van der Waals surface area (Å²) < 4.78 is 29.9. The minimum Gasteiger partial charge on any atom is -0.272 e. The van der Waals surface area contributed by atoms with Gasteiger partial charge in [-0.15, -0.1) is 0 Å². The van der Waals surface area contributed by atoms with E-state index >= 15 is 0 Å². The van der Waals surface area contributed by atoms with Crippen LogP contribution in [0.1, 0.15) is 19.0 Å². The van der Waals surface area contributed by atoms with Crippen molar-refractivity contribution in [3.63, 3.8) is 0 Å². The first-order valence-electron chi connectivity index (χ1n) is 6.64. The Morgan fingerprint density at radius 3 is 2.67 bits per heavy atom. The van der Waals surface area contributed by atoms with E-state index in [0.29, 0.717) is 31.1 Å². The molecule has 2 aromatic heterocycles. The van der Waals surface area contributed by atoms with Crippen molar-refractivity contribution in [2.24, 2.45) is 0 Å². The second-order valence-corrected chi connectivity index (χ2v) is 6.78. The molecule has 0 saturated heterocycles. The van der Waals surface area contributed by atoms with E-state index in [1.165, 1.54) is 12.4 Å². The van der Waals surface area contributed by atoms with E-state index in [1.54, 1.807) is 15.6 Å². The van der Waals surface area contributed by atoms with Gasteiger partial charge in [0.2, 0.25) is 10.0 Å². The topological polar surface area (TPSA) is 81.8 Å². The van der Waals surface area contributed by atoms with Crippen LogP contribution < -0.4 is 4.72 Å². The number of aryl methyl sites for hydroxylation is 3. The highest BCUT2D eigenvalue weighted by atomic mass is 35.5. The van der Waals surface area contributed by atoms with Gasteiger partial charge in [0.15, 0.2) is 0 Å². The number of hydrogen-bond acceptors (Lipinski definition) is 4. The molecule has 0 saturated carbocycles. The number of sulfonamides is 1. The SMILES string of the molecule is CCn1cc(S(=O)(=O)NCCCn2cc(Cl)c(C)n2)cn1. The van der Waals surface area contributed by atoms with Gasteiger partial charge in [-0.05, 0) is 20.3 Å². The molecule has 2 rings (SSSR count). The van der Waals surface area contributed by atoms with Crippen molar-refractivity contribution in [1.29, 1.82) is 0 Å². The predicted molar refractivity (Wildman–Crippen MR) is 79.7 cm³/mol. The zero-order valence-electron chi connectivity index (χ0n) is 12.0. The summed E-state index contributed by atoms with van der Waals surface area (Å²) in [6.07, 6.45) is 5.22. The molecule has 7 nitrogen and oxygen atoms in total. The molecule has 116 valence electrons. The fourth-order valence-corrected chi connectivity index (χ4v) is 2.97. The maximum absolute atomic E-state index is 12.0. The zero-order chi connectivity index (χ0) is 15.5. The van der Waals surface area contributed by atoms with E-state index in [9.17, 15) is 8.42 Å². The number of nitrogens with zero attached hydrogens (tertiary/aromatic N) is 4. The molecule has 0 bridgehead atoms. The third kappa shape index (κ3) is 4.05. The molecule has 21 heavy (non-hydrogen) atoms. The minimum absolute atomic E-state index is 0.183. The van der Waals surface area contributed by atoms with Crippen LogP contribution in [0.4, 0.5) is 0 Å². The van der Waals surface area contributed by atoms with Crippen molar-refractivity contribution in [2.45, 2.75) is 38.3 Å². The normalized spacial score (nSPS) is 12.0. The maximum atomic E-state index is 12.0. The van der Waals surface area contributed by atoms with Crippen LogP contribution in [-0.4, -0.2) is 34.5 Å². The average molecular weight is 332 g/mol. The van der Waals surface area contributed by atoms with Crippen LogP contribution in [0.25, 0.3) is 0 Å². The minimum atomic E-state index is -3.50. The molecule has 9 heteroatoms. The Hall–Kier alpha value is -1.38.